The van der Waals surface area contributed by atoms with Gasteiger partial charge in [-0.2, -0.15) is 8.42 Å². The van der Waals surface area contributed by atoms with Gasteiger partial charge in [-0.3, -0.25) is 9.35 Å². The lowest BCUT2D eigenvalue weighted by Crippen LogP contribution is -2.08. The van der Waals surface area contributed by atoms with E-state index >= 15 is 0 Å². The van der Waals surface area contributed by atoms with E-state index in [9.17, 15) is 13.2 Å². The van der Waals surface area contributed by atoms with Crippen molar-refractivity contribution in [1.82, 2.24) is 0 Å². The Labute approximate surface area is 76.8 Å². The van der Waals surface area contributed by atoms with Gasteiger partial charge in [0.25, 0.3) is 10.1 Å². The Bertz CT molecular complexity index is 301. The second-order valence-corrected chi connectivity index (χ2v) is 4.06. The normalized spacial score (nSPS) is 12.9. The Kier molecular flexibility index (Phi) is 4.64. The fourth-order valence-electron chi connectivity index (χ4n) is 0.704. The van der Waals surface area contributed by atoms with Crippen LogP contribution < -0.4 is 0 Å². The maximum absolute atomic E-state index is 10.9. The molecule has 0 aliphatic carbocycles. The zero-order chi connectivity index (χ0) is 10.5. The fraction of sp³-hybridized carbons (Fsp3) is 0.571. The molecule has 0 fully saturated rings. The van der Waals surface area contributed by atoms with E-state index < -0.39 is 21.7 Å². The number of hydrogen-bond acceptors (Lipinski definition) is 4. The van der Waals surface area contributed by atoms with E-state index in [4.69, 9.17) is 9.66 Å². The van der Waals surface area contributed by atoms with Crippen molar-refractivity contribution < 1.29 is 22.9 Å². The van der Waals surface area contributed by atoms with Crippen molar-refractivity contribution in [3.05, 3.63) is 11.8 Å². The molecule has 0 aromatic heterocycles. The van der Waals surface area contributed by atoms with Gasteiger partial charge >= 0.3 is 0 Å². The second kappa shape index (κ2) is 4.98. The summed E-state index contributed by atoms with van der Waals surface area (Å²) in [6.45, 7) is 1.50. The Morgan fingerprint density at radius 3 is 2.38 bits per heavy atom. The molecule has 76 valence electrons. The monoisotopic (exact) mass is 208 g/mol. The summed E-state index contributed by atoms with van der Waals surface area (Å²) in [4.78, 5) is 10.9. The predicted octanol–water partition coefficient (Wildman–Crippen LogP) is 0.685. The van der Waals surface area contributed by atoms with Gasteiger partial charge in [-0.1, -0.05) is 0 Å². The minimum atomic E-state index is -4.01. The van der Waals surface area contributed by atoms with Gasteiger partial charge in [0, 0.05) is 6.42 Å². The van der Waals surface area contributed by atoms with Crippen LogP contribution in [-0.2, 0) is 14.9 Å². The largest absolute Gasteiger partial charge is 0.505 e. The first-order chi connectivity index (χ1) is 5.87. The maximum Gasteiger partial charge on any atom is 0.264 e. The average Bonchev–Trinajstić information content (AvgIpc) is 2.00. The molecule has 2 N–H and O–H groups in total. The standard InChI is InChI=1S/C7H12O5S/c1-2-6(8)7(9)4-3-5-13(10,11)12/h2,8H,3-5H2,1H3,(H,10,11,12). The number of rotatable bonds is 5. The first-order valence-electron chi connectivity index (χ1n) is 3.70. The van der Waals surface area contributed by atoms with Crippen LogP contribution in [0, 0.1) is 0 Å². The van der Waals surface area contributed by atoms with E-state index in [1.54, 1.807) is 0 Å². The summed E-state index contributed by atoms with van der Waals surface area (Å²) in [6.07, 6.45) is 1.15. The number of ketones is 1. The van der Waals surface area contributed by atoms with E-state index in [-0.39, 0.29) is 18.6 Å². The lowest BCUT2D eigenvalue weighted by Gasteiger charge is -1.97. The van der Waals surface area contributed by atoms with E-state index in [0.29, 0.717) is 0 Å². The molecular weight excluding hydrogens is 196 g/mol. The summed E-state index contributed by atoms with van der Waals surface area (Å²) in [6, 6.07) is 0. The topological polar surface area (TPSA) is 91.7 Å². The zero-order valence-corrected chi connectivity index (χ0v) is 8.04. The van der Waals surface area contributed by atoms with Crippen molar-refractivity contribution in [3.63, 3.8) is 0 Å². The first-order valence-corrected chi connectivity index (χ1v) is 5.31. The smallest absolute Gasteiger partial charge is 0.264 e. The molecule has 0 aliphatic heterocycles. The van der Waals surface area contributed by atoms with Gasteiger partial charge in [-0.25, -0.2) is 0 Å². The van der Waals surface area contributed by atoms with Gasteiger partial charge in [0.2, 0.25) is 0 Å². The zero-order valence-electron chi connectivity index (χ0n) is 7.23. The predicted molar refractivity (Wildman–Crippen MR) is 47.0 cm³/mol. The fourth-order valence-corrected chi connectivity index (χ4v) is 1.21. The number of hydrogen-bond donors (Lipinski definition) is 2. The van der Waals surface area contributed by atoms with Crippen LogP contribution in [0.3, 0.4) is 0 Å². The van der Waals surface area contributed by atoms with Crippen LogP contribution in [0.25, 0.3) is 0 Å². The third-order valence-electron chi connectivity index (χ3n) is 1.37. The van der Waals surface area contributed by atoms with Gasteiger partial charge in [0.1, 0.15) is 0 Å². The minimum absolute atomic E-state index is 0.00949. The maximum atomic E-state index is 10.9. The molecule has 0 unspecified atom stereocenters. The summed E-state index contributed by atoms with van der Waals surface area (Å²) in [7, 11) is -4.01. The summed E-state index contributed by atoms with van der Waals surface area (Å²) < 4.78 is 28.7. The highest BCUT2D eigenvalue weighted by atomic mass is 32.2. The molecule has 0 aliphatic rings. The Morgan fingerprint density at radius 1 is 1.46 bits per heavy atom. The van der Waals surface area contributed by atoms with Crippen LogP contribution in [0.15, 0.2) is 11.8 Å². The van der Waals surface area contributed by atoms with Crippen molar-refractivity contribution in [2.75, 3.05) is 5.75 Å². The molecular formula is C7H12O5S. The van der Waals surface area contributed by atoms with Crippen LogP contribution in [0.5, 0.6) is 0 Å². The molecule has 5 nitrogen and oxygen atoms in total. The van der Waals surface area contributed by atoms with Crippen molar-refractivity contribution in [1.29, 1.82) is 0 Å². The molecule has 0 heterocycles. The minimum Gasteiger partial charge on any atom is -0.505 e. The Hall–Kier alpha value is -0.880. The molecule has 6 heteroatoms. The van der Waals surface area contributed by atoms with Gasteiger partial charge in [0.05, 0.1) is 5.75 Å². The van der Waals surface area contributed by atoms with E-state index in [1.165, 1.54) is 13.0 Å². The number of allylic oxidation sites excluding steroid dienone is 2. The summed E-state index contributed by atoms with van der Waals surface area (Å²) in [5, 5.41) is 8.86. The number of carbonyl (C=O) groups is 1. The molecule has 0 spiro atoms. The van der Waals surface area contributed by atoms with Crippen molar-refractivity contribution in [2.24, 2.45) is 0 Å². The second-order valence-electron chi connectivity index (χ2n) is 2.49. The summed E-state index contributed by atoms with van der Waals surface area (Å²) in [5.41, 5.74) is 0. The number of carbonyl (C=O) groups excluding carboxylic acids is 1. The lowest BCUT2D eigenvalue weighted by molar-refractivity contribution is -0.118. The molecule has 0 bridgehead atoms. The van der Waals surface area contributed by atoms with E-state index in [1.807, 2.05) is 0 Å². The molecule has 0 atom stereocenters. The van der Waals surface area contributed by atoms with Gasteiger partial charge < -0.3 is 5.11 Å². The van der Waals surface area contributed by atoms with Gasteiger partial charge in [-0.05, 0) is 19.4 Å². The number of Topliss-reactive ketones (excluding diaryl/α,β-unsaturated/α-hetero) is 1. The van der Waals surface area contributed by atoms with Gasteiger partial charge in [0.15, 0.2) is 11.5 Å². The van der Waals surface area contributed by atoms with Crippen LogP contribution in [0.2, 0.25) is 0 Å². The van der Waals surface area contributed by atoms with Crippen LogP contribution >= 0.6 is 0 Å². The molecule has 0 saturated carbocycles. The van der Waals surface area contributed by atoms with Crippen molar-refractivity contribution in [3.8, 4) is 0 Å². The third kappa shape index (κ3) is 6.30. The molecule has 0 saturated heterocycles. The third-order valence-corrected chi connectivity index (χ3v) is 2.17. The molecule has 13 heavy (non-hydrogen) atoms. The Morgan fingerprint density at radius 2 is 2.00 bits per heavy atom. The Balaban J connectivity index is 3.86. The lowest BCUT2D eigenvalue weighted by atomic mass is 10.2. The van der Waals surface area contributed by atoms with E-state index in [2.05, 4.69) is 0 Å². The average molecular weight is 208 g/mol. The van der Waals surface area contributed by atoms with Crippen molar-refractivity contribution in [2.45, 2.75) is 19.8 Å². The molecule has 0 rings (SSSR count). The highest BCUT2D eigenvalue weighted by molar-refractivity contribution is 7.85. The molecule has 0 aromatic rings. The van der Waals surface area contributed by atoms with Crippen LogP contribution in [0.4, 0.5) is 0 Å². The van der Waals surface area contributed by atoms with Crippen molar-refractivity contribution >= 4 is 15.9 Å². The summed E-state index contributed by atoms with van der Waals surface area (Å²) in [5.74, 6) is -1.36. The first kappa shape index (κ1) is 12.1. The van der Waals surface area contributed by atoms with Gasteiger partial charge in [-0.15, -0.1) is 0 Å². The number of aliphatic hydroxyl groups is 1. The molecule has 0 radical (unpaired) electrons. The SMILES string of the molecule is CC=C(O)C(=O)CCCS(=O)(=O)O. The quantitative estimate of drug-likeness (QED) is 0.394. The van der Waals surface area contributed by atoms with E-state index in [0.717, 1.165) is 0 Å². The number of aliphatic hydroxyl groups excluding tert-OH is 1. The highest BCUT2D eigenvalue weighted by Gasteiger charge is 2.09. The van der Waals surface area contributed by atoms with Crippen LogP contribution in [-0.4, -0.2) is 29.6 Å². The highest BCUT2D eigenvalue weighted by Crippen LogP contribution is 2.00. The summed E-state index contributed by atoms with van der Waals surface area (Å²) >= 11 is 0. The van der Waals surface area contributed by atoms with Crippen LogP contribution in [0.1, 0.15) is 19.8 Å². The molecule has 0 amide bonds. The molecule has 0 aromatic carbocycles.